The van der Waals surface area contributed by atoms with Crippen LogP contribution in [-0.2, 0) is 6.54 Å². The first kappa shape index (κ1) is 11.3. The number of nitrogens with zero attached hydrogens (tertiary/aromatic N) is 2. The molecule has 1 heterocycles. The largest absolute Gasteiger partial charge is 0.272 e. The quantitative estimate of drug-likeness (QED) is 0.679. The van der Waals surface area contributed by atoms with Gasteiger partial charge in [-0.15, -0.1) is 0 Å². The van der Waals surface area contributed by atoms with Gasteiger partial charge in [0.15, 0.2) is 0 Å². The summed E-state index contributed by atoms with van der Waals surface area (Å²) in [4.78, 5) is 0. The lowest BCUT2D eigenvalue weighted by molar-refractivity contribution is 0.345. The van der Waals surface area contributed by atoms with Crippen LogP contribution in [0.4, 0.5) is 0 Å². The Hall–Kier alpha value is -0.790. The summed E-state index contributed by atoms with van der Waals surface area (Å²) in [5.41, 5.74) is 0. The molecule has 0 amide bonds. The van der Waals surface area contributed by atoms with Crippen LogP contribution in [0.5, 0.6) is 0 Å². The van der Waals surface area contributed by atoms with E-state index in [0.29, 0.717) is 0 Å². The molecule has 0 aliphatic rings. The Morgan fingerprint density at radius 1 is 1.29 bits per heavy atom. The first-order chi connectivity index (χ1) is 6.72. The summed E-state index contributed by atoms with van der Waals surface area (Å²) >= 11 is 0. The molecule has 0 aromatic carbocycles. The minimum absolute atomic E-state index is 0.733. The van der Waals surface area contributed by atoms with Gasteiger partial charge in [-0.1, -0.05) is 33.6 Å². The Kier molecular flexibility index (Phi) is 4.71. The normalized spacial score (nSPS) is 15.4. The standard InChI is InChI=1S/C12H22N2/c1-4-6-11(2)9-12(3)10-14-8-5-7-13-14/h5,7-8,11-12H,4,6,9-10H2,1-3H3. The van der Waals surface area contributed by atoms with E-state index < -0.39 is 0 Å². The molecule has 0 spiro atoms. The second-order valence-corrected chi connectivity index (χ2v) is 4.46. The molecule has 0 aliphatic carbocycles. The van der Waals surface area contributed by atoms with Gasteiger partial charge in [-0.05, 0) is 24.3 Å². The summed E-state index contributed by atoms with van der Waals surface area (Å²) in [5.74, 6) is 1.59. The topological polar surface area (TPSA) is 17.8 Å². The highest BCUT2D eigenvalue weighted by molar-refractivity contribution is 4.78. The van der Waals surface area contributed by atoms with Crippen LogP contribution in [-0.4, -0.2) is 9.78 Å². The van der Waals surface area contributed by atoms with Crippen molar-refractivity contribution in [2.45, 2.75) is 46.6 Å². The van der Waals surface area contributed by atoms with E-state index in [1.165, 1.54) is 19.3 Å². The highest BCUT2D eigenvalue weighted by Gasteiger charge is 2.08. The zero-order chi connectivity index (χ0) is 10.4. The Balaban J connectivity index is 2.25. The minimum atomic E-state index is 0.733. The Morgan fingerprint density at radius 3 is 2.64 bits per heavy atom. The van der Waals surface area contributed by atoms with E-state index in [1.54, 1.807) is 0 Å². The fraction of sp³-hybridized carbons (Fsp3) is 0.750. The van der Waals surface area contributed by atoms with Crippen molar-refractivity contribution in [3.05, 3.63) is 18.5 Å². The van der Waals surface area contributed by atoms with Gasteiger partial charge in [0.05, 0.1) is 0 Å². The molecular formula is C12H22N2. The van der Waals surface area contributed by atoms with Gasteiger partial charge in [-0.2, -0.15) is 5.10 Å². The van der Waals surface area contributed by atoms with Crippen molar-refractivity contribution >= 4 is 0 Å². The van der Waals surface area contributed by atoms with Crippen LogP contribution < -0.4 is 0 Å². The van der Waals surface area contributed by atoms with E-state index in [9.17, 15) is 0 Å². The molecule has 0 bridgehead atoms. The molecule has 1 aromatic heterocycles. The van der Waals surface area contributed by atoms with Crippen molar-refractivity contribution in [2.75, 3.05) is 0 Å². The van der Waals surface area contributed by atoms with E-state index in [-0.39, 0.29) is 0 Å². The molecule has 14 heavy (non-hydrogen) atoms. The fourth-order valence-electron chi connectivity index (χ4n) is 2.10. The van der Waals surface area contributed by atoms with Crippen molar-refractivity contribution in [3.63, 3.8) is 0 Å². The third-order valence-electron chi connectivity index (χ3n) is 2.64. The Bertz CT molecular complexity index is 228. The summed E-state index contributed by atoms with van der Waals surface area (Å²) in [6.45, 7) is 7.98. The molecule has 2 heteroatoms. The molecule has 2 nitrogen and oxygen atoms in total. The van der Waals surface area contributed by atoms with Gasteiger partial charge in [0, 0.05) is 18.9 Å². The lowest BCUT2D eigenvalue weighted by atomic mass is 9.94. The maximum atomic E-state index is 4.23. The zero-order valence-corrected chi connectivity index (χ0v) is 9.61. The van der Waals surface area contributed by atoms with Crippen LogP contribution in [0.25, 0.3) is 0 Å². The first-order valence-corrected chi connectivity index (χ1v) is 5.69. The zero-order valence-electron chi connectivity index (χ0n) is 9.61. The maximum Gasteiger partial charge on any atom is 0.0489 e. The van der Waals surface area contributed by atoms with Gasteiger partial charge in [0.1, 0.15) is 0 Å². The fourth-order valence-corrected chi connectivity index (χ4v) is 2.10. The molecule has 0 saturated carbocycles. The highest BCUT2D eigenvalue weighted by Crippen LogP contribution is 2.17. The van der Waals surface area contributed by atoms with Gasteiger partial charge in [0.2, 0.25) is 0 Å². The van der Waals surface area contributed by atoms with Crippen LogP contribution in [0.3, 0.4) is 0 Å². The van der Waals surface area contributed by atoms with Crippen molar-refractivity contribution in [1.82, 2.24) is 9.78 Å². The maximum absolute atomic E-state index is 4.23. The molecule has 1 aromatic rings. The summed E-state index contributed by atoms with van der Waals surface area (Å²) in [6.07, 6.45) is 7.86. The van der Waals surface area contributed by atoms with Gasteiger partial charge in [0.25, 0.3) is 0 Å². The van der Waals surface area contributed by atoms with E-state index in [2.05, 4.69) is 25.9 Å². The summed E-state index contributed by atoms with van der Waals surface area (Å²) < 4.78 is 2.03. The predicted molar refractivity (Wildman–Crippen MR) is 60.1 cm³/mol. The average Bonchev–Trinajstić information content (AvgIpc) is 2.56. The molecule has 0 radical (unpaired) electrons. The van der Waals surface area contributed by atoms with Gasteiger partial charge in [-0.3, -0.25) is 4.68 Å². The van der Waals surface area contributed by atoms with E-state index in [0.717, 1.165) is 18.4 Å². The van der Waals surface area contributed by atoms with Crippen LogP contribution in [0, 0.1) is 11.8 Å². The van der Waals surface area contributed by atoms with E-state index in [1.807, 2.05) is 23.1 Å². The molecule has 0 N–H and O–H groups in total. The molecule has 2 unspecified atom stereocenters. The molecule has 0 fully saturated rings. The van der Waals surface area contributed by atoms with Gasteiger partial charge < -0.3 is 0 Å². The number of hydrogen-bond acceptors (Lipinski definition) is 1. The number of rotatable bonds is 6. The second-order valence-electron chi connectivity index (χ2n) is 4.46. The van der Waals surface area contributed by atoms with Crippen LogP contribution >= 0.6 is 0 Å². The van der Waals surface area contributed by atoms with Crippen molar-refractivity contribution in [1.29, 1.82) is 0 Å². The molecule has 1 rings (SSSR count). The summed E-state index contributed by atoms with van der Waals surface area (Å²) in [6, 6.07) is 1.99. The SMILES string of the molecule is CCCC(C)CC(C)Cn1cccn1. The molecule has 80 valence electrons. The monoisotopic (exact) mass is 194 g/mol. The van der Waals surface area contributed by atoms with Crippen molar-refractivity contribution < 1.29 is 0 Å². The van der Waals surface area contributed by atoms with Crippen molar-refractivity contribution in [3.8, 4) is 0 Å². The molecule has 0 aliphatic heterocycles. The molecule has 2 atom stereocenters. The average molecular weight is 194 g/mol. The lowest BCUT2D eigenvalue weighted by Crippen LogP contribution is -2.11. The minimum Gasteiger partial charge on any atom is -0.272 e. The Labute approximate surface area is 87.3 Å². The predicted octanol–water partition coefficient (Wildman–Crippen LogP) is 3.35. The lowest BCUT2D eigenvalue weighted by Gasteiger charge is -2.16. The third kappa shape index (κ3) is 3.95. The van der Waals surface area contributed by atoms with Gasteiger partial charge >= 0.3 is 0 Å². The third-order valence-corrected chi connectivity index (χ3v) is 2.64. The van der Waals surface area contributed by atoms with E-state index in [4.69, 9.17) is 0 Å². The van der Waals surface area contributed by atoms with Crippen LogP contribution in [0.2, 0.25) is 0 Å². The van der Waals surface area contributed by atoms with Crippen LogP contribution in [0.15, 0.2) is 18.5 Å². The molecule has 0 saturated heterocycles. The van der Waals surface area contributed by atoms with Gasteiger partial charge in [-0.25, -0.2) is 0 Å². The summed E-state index contributed by atoms with van der Waals surface area (Å²) in [5, 5.41) is 4.23. The first-order valence-electron chi connectivity index (χ1n) is 5.69. The van der Waals surface area contributed by atoms with E-state index >= 15 is 0 Å². The molecular weight excluding hydrogens is 172 g/mol. The number of aromatic nitrogens is 2. The summed E-state index contributed by atoms with van der Waals surface area (Å²) in [7, 11) is 0. The smallest absolute Gasteiger partial charge is 0.0489 e. The Morgan fingerprint density at radius 2 is 2.07 bits per heavy atom. The van der Waals surface area contributed by atoms with Crippen molar-refractivity contribution in [2.24, 2.45) is 11.8 Å². The number of hydrogen-bond donors (Lipinski definition) is 0. The highest BCUT2D eigenvalue weighted by atomic mass is 15.3. The van der Waals surface area contributed by atoms with Crippen LogP contribution in [0.1, 0.15) is 40.0 Å². The second kappa shape index (κ2) is 5.84.